The molecule has 0 radical (unpaired) electrons. The molecule has 1 aliphatic carbocycles. The molecule has 5 rings (SSSR count). The molecule has 2 spiro atoms. The minimum atomic E-state index is -1.63. The highest BCUT2D eigenvalue weighted by atomic mass is 35.5. The number of aliphatic carboxylic acids is 1. The summed E-state index contributed by atoms with van der Waals surface area (Å²) in [5.74, 6) is -3.43. The minimum Gasteiger partial charge on any atom is -0.480 e. The summed E-state index contributed by atoms with van der Waals surface area (Å²) in [6.45, 7) is 6.50. The number of hydrogen-bond donors (Lipinski definition) is 5. The number of carbonyl (C=O) groups excluding carboxylic acids is 1. The highest BCUT2D eigenvalue weighted by Gasteiger charge is 2.74. The number of allylic oxidation sites excluding steroid dienone is 4. The van der Waals surface area contributed by atoms with Crippen LogP contribution in [0, 0.1) is 16.7 Å². The molecule has 5 atom stereocenters. The normalized spacial score (nSPS) is 34.6. The van der Waals surface area contributed by atoms with Crippen LogP contribution in [-0.4, -0.2) is 71.1 Å². The number of aliphatic imine (C=N–C) groups is 1. The van der Waals surface area contributed by atoms with Crippen LogP contribution in [0.15, 0.2) is 52.8 Å². The number of rotatable bonds is 9. The smallest absolute Gasteiger partial charge is 0.321 e. The lowest BCUT2D eigenvalue weighted by Gasteiger charge is -2.50. The van der Waals surface area contributed by atoms with Crippen LogP contribution < -0.4 is 16.4 Å². The third kappa shape index (κ3) is 6.25. The van der Waals surface area contributed by atoms with Gasteiger partial charge in [-0.1, -0.05) is 48.8 Å². The van der Waals surface area contributed by atoms with Crippen LogP contribution in [0.4, 0.5) is 10.2 Å². The first-order valence-electron chi connectivity index (χ1n) is 15.3. The van der Waals surface area contributed by atoms with E-state index in [2.05, 4.69) is 34.1 Å². The molecule has 3 aliphatic heterocycles. The zero-order chi connectivity index (χ0) is 33.3. The van der Waals surface area contributed by atoms with Gasteiger partial charge in [-0.3, -0.25) is 25.3 Å². The Hall–Kier alpha value is -3.16. The number of carboxylic acids is 1. The first-order chi connectivity index (χ1) is 21.9. The number of carbonyl (C=O) groups is 2. The fraction of sp³-hybridized carbons (Fsp3) is 0.531. The lowest BCUT2D eigenvalue weighted by atomic mass is 9.53. The second-order valence-corrected chi connectivity index (χ2v) is 13.7. The molecule has 0 aromatic carbocycles. The molecular weight excluding hydrogens is 638 g/mol. The number of pyridine rings is 1. The van der Waals surface area contributed by atoms with E-state index in [4.69, 9.17) is 43.8 Å². The van der Waals surface area contributed by atoms with E-state index in [9.17, 15) is 14.7 Å². The van der Waals surface area contributed by atoms with E-state index >= 15 is 4.39 Å². The lowest BCUT2D eigenvalue weighted by Crippen LogP contribution is -2.62. The molecule has 248 valence electrons. The molecule has 46 heavy (non-hydrogen) atoms. The Morgan fingerprint density at radius 1 is 1.35 bits per heavy atom. The van der Waals surface area contributed by atoms with Gasteiger partial charge >= 0.3 is 5.97 Å². The largest absolute Gasteiger partial charge is 0.480 e. The first-order valence-corrected chi connectivity index (χ1v) is 16.1. The van der Waals surface area contributed by atoms with Gasteiger partial charge in [0, 0.05) is 28.7 Å². The van der Waals surface area contributed by atoms with Crippen LogP contribution in [0.25, 0.3) is 0 Å². The number of halogens is 3. The van der Waals surface area contributed by atoms with Crippen molar-refractivity contribution in [1.29, 1.82) is 5.41 Å². The van der Waals surface area contributed by atoms with Crippen molar-refractivity contribution >= 4 is 53.2 Å². The Morgan fingerprint density at radius 3 is 2.72 bits per heavy atom. The van der Waals surface area contributed by atoms with Crippen molar-refractivity contribution in [3.8, 4) is 0 Å². The van der Waals surface area contributed by atoms with Crippen LogP contribution in [0.2, 0.25) is 5.15 Å². The maximum Gasteiger partial charge on any atom is 0.321 e. The SMILES string of the molecule is C=C(Cl)/C=C\C=C(/F)[C@H]1[C@H](C(=O)O)NC2(CCC(C)(CCN=C(OC=N)[C@@H]3CC[C@@H](N)CO3)CC2)C12C(=O)Nc1nc(Cl)ccc12. The number of aromatic nitrogens is 1. The van der Waals surface area contributed by atoms with Gasteiger partial charge in [0.25, 0.3) is 0 Å². The number of hydrogen-bond acceptors (Lipinski definition) is 9. The first kappa shape index (κ1) is 34.2. The van der Waals surface area contributed by atoms with Crippen LogP contribution >= 0.6 is 23.2 Å². The lowest BCUT2D eigenvalue weighted by molar-refractivity contribution is -0.140. The summed E-state index contributed by atoms with van der Waals surface area (Å²) in [5, 5.41) is 24.2. The van der Waals surface area contributed by atoms with Crippen LogP contribution in [0.3, 0.4) is 0 Å². The third-order valence-corrected chi connectivity index (χ3v) is 10.4. The van der Waals surface area contributed by atoms with E-state index < -0.39 is 40.6 Å². The van der Waals surface area contributed by atoms with Crippen molar-refractivity contribution in [2.24, 2.45) is 22.1 Å². The van der Waals surface area contributed by atoms with E-state index in [1.54, 1.807) is 6.07 Å². The summed E-state index contributed by atoms with van der Waals surface area (Å²) in [6.07, 6.45) is 8.41. The van der Waals surface area contributed by atoms with Gasteiger partial charge in [-0.15, -0.1) is 0 Å². The number of anilines is 1. The summed E-state index contributed by atoms with van der Waals surface area (Å²) in [7, 11) is 0. The minimum absolute atomic E-state index is 0.0356. The molecular formula is C32H39Cl2FN6O5. The van der Waals surface area contributed by atoms with Gasteiger partial charge in [-0.25, -0.2) is 9.37 Å². The predicted octanol–water partition coefficient (Wildman–Crippen LogP) is 5.00. The maximum atomic E-state index is 16.3. The number of nitrogens with zero attached hydrogens (tertiary/aromatic N) is 2. The second kappa shape index (κ2) is 13.5. The third-order valence-electron chi connectivity index (χ3n) is 10.0. The molecule has 1 aromatic rings. The molecule has 3 fully saturated rings. The van der Waals surface area contributed by atoms with Crippen molar-refractivity contribution in [1.82, 2.24) is 10.3 Å². The van der Waals surface area contributed by atoms with E-state index in [1.807, 2.05) is 0 Å². The van der Waals surface area contributed by atoms with Gasteiger partial charge in [0.05, 0.1) is 12.5 Å². The van der Waals surface area contributed by atoms with Gasteiger partial charge in [-0.05, 0) is 68.6 Å². The summed E-state index contributed by atoms with van der Waals surface area (Å²) < 4.78 is 27.5. The fourth-order valence-electron chi connectivity index (χ4n) is 7.67. The van der Waals surface area contributed by atoms with Crippen molar-refractivity contribution in [3.63, 3.8) is 0 Å². The molecule has 4 heterocycles. The Kier molecular flexibility index (Phi) is 10.0. The molecule has 14 heteroatoms. The van der Waals surface area contributed by atoms with Crippen molar-refractivity contribution in [2.45, 2.75) is 81.0 Å². The van der Waals surface area contributed by atoms with Gasteiger partial charge in [0.1, 0.15) is 34.4 Å². The van der Waals surface area contributed by atoms with Gasteiger partial charge in [0.15, 0.2) is 6.40 Å². The molecule has 1 aromatic heterocycles. The van der Waals surface area contributed by atoms with E-state index in [-0.39, 0.29) is 33.6 Å². The molecule has 4 aliphatic rings. The fourth-order valence-corrected chi connectivity index (χ4v) is 7.89. The quantitative estimate of drug-likeness (QED) is 0.105. The Morgan fingerprint density at radius 2 is 2.09 bits per heavy atom. The highest BCUT2D eigenvalue weighted by Crippen LogP contribution is 2.62. The standard InChI is InChI=1S/C32H39Cl2FN6O5/c1-18(33)4-3-5-21(35)24-25(28(42)43)41-31(32(24)20-7-9-23(34)39-26(20)40-29(32)44)12-10-30(2,11-13-31)14-15-38-27(46-17-36)22-8-6-19(37)16-45-22/h3-5,7,9,17,19,22,24-25,36,41H,1,6,8,10-16,37H2,2H3,(H,42,43)(H,39,40,44)/b4-3-,21-5-,36-17?,38-27?/t19-,22+,24+,25-,30?,31?,32?/m1/s1. The van der Waals surface area contributed by atoms with Gasteiger partial charge in [-0.2, -0.15) is 0 Å². The monoisotopic (exact) mass is 676 g/mol. The topological polar surface area (TPSA) is 172 Å². The van der Waals surface area contributed by atoms with E-state index in [0.29, 0.717) is 63.1 Å². The summed E-state index contributed by atoms with van der Waals surface area (Å²) in [5.41, 5.74) is 3.39. The van der Waals surface area contributed by atoms with E-state index in [1.165, 1.54) is 18.2 Å². The summed E-state index contributed by atoms with van der Waals surface area (Å²) >= 11 is 12.0. The van der Waals surface area contributed by atoms with Crippen molar-refractivity contribution < 1.29 is 28.6 Å². The Bertz CT molecular complexity index is 1480. The average Bonchev–Trinajstić information content (AvgIpc) is 3.46. The Balaban J connectivity index is 1.46. The summed E-state index contributed by atoms with van der Waals surface area (Å²) in [6, 6.07) is 1.73. The molecule has 1 saturated carbocycles. The number of amides is 1. The highest BCUT2D eigenvalue weighted by molar-refractivity contribution is 6.30. The average molecular weight is 678 g/mol. The van der Waals surface area contributed by atoms with Crippen LogP contribution in [0.1, 0.15) is 57.4 Å². The molecule has 11 nitrogen and oxygen atoms in total. The summed E-state index contributed by atoms with van der Waals surface area (Å²) in [4.78, 5) is 35.9. The zero-order valence-corrected chi connectivity index (χ0v) is 27.0. The number of ether oxygens (including phenoxy) is 2. The molecule has 1 unspecified atom stereocenters. The number of carboxylic acid groups (broad SMARTS) is 1. The van der Waals surface area contributed by atoms with Crippen molar-refractivity contribution in [3.05, 3.63) is 58.5 Å². The number of nitrogens with one attached hydrogen (secondary N) is 3. The molecule has 6 N–H and O–H groups in total. The van der Waals surface area contributed by atoms with Crippen LogP contribution in [-0.2, 0) is 24.5 Å². The van der Waals surface area contributed by atoms with Gasteiger partial charge in [0.2, 0.25) is 11.8 Å². The van der Waals surface area contributed by atoms with Gasteiger partial charge < -0.3 is 25.6 Å². The maximum absolute atomic E-state index is 16.3. The predicted molar refractivity (Wildman–Crippen MR) is 174 cm³/mol. The van der Waals surface area contributed by atoms with Crippen LogP contribution in [0.5, 0.6) is 0 Å². The molecule has 0 bridgehead atoms. The van der Waals surface area contributed by atoms with Crippen molar-refractivity contribution in [2.75, 3.05) is 18.5 Å². The Labute approximate surface area is 277 Å². The zero-order valence-electron chi connectivity index (χ0n) is 25.5. The number of nitrogens with two attached hydrogens (primary N) is 1. The molecule has 2 saturated heterocycles. The van der Waals surface area contributed by atoms with E-state index in [0.717, 1.165) is 18.9 Å². The number of fused-ring (bicyclic) bond motifs is 3. The molecule has 1 amide bonds. The second-order valence-electron chi connectivity index (χ2n) is 12.8.